The second-order valence-corrected chi connectivity index (χ2v) is 8.19. The number of amides is 3. The van der Waals surface area contributed by atoms with Crippen LogP contribution in [0.3, 0.4) is 0 Å². The largest absolute Gasteiger partial charge is 0.337 e. The molecule has 1 atom stereocenters. The Morgan fingerprint density at radius 1 is 1.08 bits per heavy atom. The smallest absolute Gasteiger partial charge is 0.323 e. The van der Waals surface area contributed by atoms with Crippen molar-refractivity contribution in [3.05, 3.63) is 5.69 Å². The molecule has 0 aliphatic carbocycles. The fourth-order valence-corrected chi connectivity index (χ4v) is 5.53. The minimum absolute atomic E-state index is 0.0319. The Morgan fingerprint density at radius 2 is 1.88 bits per heavy atom. The molecule has 0 aromatic carbocycles. The number of aromatic nitrogens is 3. The summed E-state index contributed by atoms with van der Waals surface area (Å²) in [7, 11) is 0. The van der Waals surface area contributed by atoms with Crippen LogP contribution >= 0.6 is 11.8 Å². The van der Waals surface area contributed by atoms with E-state index in [9.17, 15) is 9.59 Å². The highest BCUT2D eigenvalue weighted by Crippen LogP contribution is 2.40. The van der Waals surface area contributed by atoms with Gasteiger partial charge in [0.25, 0.3) is 5.91 Å². The first-order valence-corrected chi connectivity index (χ1v) is 10.2. The summed E-state index contributed by atoms with van der Waals surface area (Å²) in [6.07, 6.45) is 6.33. The molecule has 9 heteroatoms. The average molecular weight is 364 g/mol. The number of carbonyl (C=O) groups excluding carboxylic acids is 2. The third-order valence-electron chi connectivity index (χ3n) is 5.51. The number of H-pyrrole nitrogens is 1. The monoisotopic (exact) mass is 364 g/mol. The lowest BCUT2D eigenvalue weighted by Crippen LogP contribution is -2.52. The molecular formula is C16H24N6O2S. The van der Waals surface area contributed by atoms with Gasteiger partial charge >= 0.3 is 6.03 Å². The predicted octanol–water partition coefficient (Wildman–Crippen LogP) is 1.93. The molecular weight excluding hydrogens is 340 g/mol. The van der Waals surface area contributed by atoms with E-state index >= 15 is 0 Å². The topological polar surface area (TPSA) is 94.2 Å². The third kappa shape index (κ3) is 3.09. The van der Waals surface area contributed by atoms with Crippen LogP contribution in [0.2, 0.25) is 0 Å². The van der Waals surface area contributed by atoms with Gasteiger partial charge in [0.05, 0.1) is 5.54 Å². The number of nitrogens with zero attached hydrogens (tertiary/aromatic N) is 4. The van der Waals surface area contributed by atoms with Gasteiger partial charge in [-0.05, 0) is 44.3 Å². The summed E-state index contributed by atoms with van der Waals surface area (Å²) in [5.74, 6) is 2.26. The lowest BCUT2D eigenvalue weighted by molar-refractivity contribution is 0.0788. The first-order chi connectivity index (χ1) is 12.2. The number of thioether (sulfide) groups is 1. The summed E-state index contributed by atoms with van der Waals surface area (Å²) >= 11 is 1.93. The van der Waals surface area contributed by atoms with Crippen molar-refractivity contribution in [3.63, 3.8) is 0 Å². The molecule has 1 unspecified atom stereocenters. The molecule has 3 saturated heterocycles. The van der Waals surface area contributed by atoms with Crippen molar-refractivity contribution in [1.82, 2.24) is 25.2 Å². The molecule has 136 valence electrons. The number of aromatic amines is 1. The van der Waals surface area contributed by atoms with Gasteiger partial charge in [-0.2, -0.15) is 17.0 Å². The van der Waals surface area contributed by atoms with Crippen LogP contribution in [-0.2, 0) is 0 Å². The van der Waals surface area contributed by atoms with Crippen LogP contribution < -0.4 is 5.32 Å². The molecule has 3 aliphatic heterocycles. The maximum Gasteiger partial charge on any atom is 0.323 e. The summed E-state index contributed by atoms with van der Waals surface area (Å²) in [6.45, 7) is 2.25. The molecule has 4 rings (SSSR count). The van der Waals surface area contributed by atoms with Gasteiger partial charge in [0.2, 0.25) is 0 Å². The van der Waals surface area contributed by atoms with E-state index in [1.165, 1.54) is 5.75 Å². The van der Waals surface area contributed by atoms with E-state index in [1.807, 2.05) is 16.7 Å². The van der Waals surface area contributed by atoms with Gasteiger partial charge in [0.1, 0.15) is 0 Å². The third-order valence-corrected chi connectivity index (χ3v) is 6.83. The van der Waals surface area contributed by atoms with E-state index in [4.69, 9.17) is 0 Å². The number of hydrogen-bond acceptors (Lipinski definition) is 5. The maximum absolute atomic E-state index is 12.9. The van der Waals surface area contributed by atoms with Crippen molar-refractivity contribution in [2.24, 2.45) is 0 Å². The Labute approximate surface area is 151 Å². The number of rotatable bonds is 2. The molecule has 25 heavy (non-hydrogen) atoms. The number of carbonyl (C=O) groups is 2. The SMILES string of the molecule is O=C(c1n[nH]nc1NC(=O)N1CCCC12CCCSC2)N1CCCC1. The van der Waals surface area contributed by atoms with Crippen molar-refractivity contribution in [2.45, 2.75) is 44.1 Å². The van der Waals surface area contributed by atoms with Crippen LogP contribution in [0.25, 0.3) is 0 Å². The quantitative estimate of drug-likeness (QED) is 0.836. The van der Waals surface area contributed by atoms with Gasteiger partial charge in [-0.3, -0.25) is 10.1 Å². The molecule has 0 radical (unpaired) electrons. The summed E-state index contributed by atoms with van der Waals surface area (Å²) in [6, 6.07) is -0.163. The summed E-state index contributed by atoms with van der Waals surface area (Å²) in [5.41, 5.74) is 0.178. The minimum atomic E-state index is -0.163. The standard InChI is InChI=1S/C16H24N6O2S/c23-14(21-7-1-2-8-21)12-13(19-20-18-12)17-15(24)22-9-3-5-16(22)6-4-10-25-11-16/h1-11H2,(H2,17,18,19,20,24). The molecule has 0 saturated carbocycles. The van der Waals surface area contributed by atoms with Crippen LogP contribution in [0, 0.1) is 0 Å². The number of likely N-dealkylation sites (tertiary alicyclic amines) is 2. The van der Waals surface area contributed by atoms with Gasteiger partial charge in [-0.1, -0.05) is 0 Å². The first kappa shape index (κ1) is 16.7. The first-order valence-electron chi connectivity index (χ1n) is 9.06. The number of urea groups is 1. The highest BCUT2D eigenvalue weighted by molar-refractivity contribution is 7.99. The van der Waals surface area contributed by atoms with Gasteiger partial charge in [-0.15, -0.1) is 10.2 Å². The van der Waals surface area contributed by atoms with Gasteiger partial charge < -0.3 is 9.80 Å². The fraction of sp³-hybridized carbons (Fsp3) is 0.750. The van der Waals surface area contributed by atoms with E-state index in [2.05, 4.69) is 20.7 Å². The lowest BCUT2D eigenvalue weighted by Gasteiger charge is -2.41. The zero-order chi connectivity index (χ0) is 17.3. The number of nitrogens with one attached hydrogen (secondary N) is 2. The van der Waals surface area contributed by atoms with E-state index in [1.54, 1.807) is 4.90 Å². The van der Waals surface area contributed by atoms with Crippen molar-refractivity contribution in [3.8, 4) is 0 Å². The highest BCUT2D eigenvalue weighted by Gasteiger charge is 2.44. The molecule has 1 aromatic heterocycles. The summed E-state index contributed by atoms with van der Waals surface area (Å²) in [4.78, 5) is 29.2. The molecule has 3 aliphatic rings. The van der Waals surface area contributed by atoms with E-state index in [0.717, 1.165) is 63.9 Å². The molecule has 1 aromatic rings. The van der Waals surface area contributed by atoms with Crippen LogP contribution in [0.1, 0.15) is 49.0 Å². The van der Waals surface area contributed by atoms with Crippen LogP contribution in [0.4, 0.5) is 10.6 Å². The Bertz CT molecular complexity index is 651. The van der Waals surface area contributed by atoms with Gasteiger partial charge in [0, 0.05) is 25.4 Å². The predicted molar refractivity (Wildman–Crippen MR) is 95.8 cm³/mol. The molecule has 4 heterocycles. The maximum atomic E-state index is 12.9. The van der Waals surface area contributed by atoms with Gasteiger partial charge in [-0.25, -0.2) is 4.79 Å². The van der Waals surface area contributed by atoms with Crippen molar-refractivity contribution >= 4 is 29.5 Å². The molecule has 3 amide bonds. The summed E-state index contributed by atoms with van der Waals surface area (Å²) in [5, 5.41) is 13.3. The lowest BCUT2D eigenvalue weighted by atomic mass is 9.92. The second kappa shape index (κ2) is 6.86. The van der Waals surface area contributed by atoms with Crippen molar-refractivity contribution in [2.75, 3.05) is 36.5 Å². The number of anilines is 1. The Kier molecular flexibility index (Phi) is 4.58. The fourth-order valence-electron chi connectivity index (χ4n) is 4.21. The van der Waals surface area contributed by atoms with Crippen LogP contribution in [0.15, 0.2) is 0 Å². The second-order valence-electron chi connectivity index (χ2n) is 7.09. The van der Waals surface area contributed by atoms with E-state index < -0.39 is 0 Å². The zero-order valence-corrected chi connectivity index (χ0v) is 15.1. The van der Waals surface area contributed by atoms with E-state index in [0.29, 0.717) is 0 Å². The van der Waals surface area contributed by atoms with E-state index in [-0.39, 0.29) is 29.0 Å². The normalized spacial score (nSPS) is 26.4. The highest BCUT2D eigenvalue weighted by atomic mass is 32.2. The molecule has 3 fully saturated rings. The summed E-state index contributed by atoms with van der Waals surface area (Å²) < 4.78 is 0. The average Bonchev–Trinajstić information content (AvgIpc) is 3.36. The van der Waals surface area contributed by atoms with Gasteiger partial charge in [0.15, 0.2) is 11.5 Å². The minimum Gasteiger partial charge on any atom is -0.337 e. The zero-order valence-electron chi connectivity index (χ0n) is 14.3. The van der Waals surface area contributed by atoms with Crippen LogP contribution in [-0.4, -0.2) is 73.8 Å². The van der Waals surface area contributed by atoms with Crippen LogP contribution in [0.5, 0.6) is 0 Å². The van der Waals surface area contributed by atoms with Crippen molar-refractivity contribution < 1.29 is 9.59 Å². The Balaban J connectivity index is 1.48. The van der Waals surface area contributed by atoms with Crippen molar-refractivity contribution in [1.29, 1.82) is 0 Å². The number of hydrogen-bond donors (Lipinski definition) is 2. The molecule has 2 N–H and O–H groups in total. The molecule has 1 spiro atoms. The Hall–Kier alpha value is -1.77. The Morgan fingerprint density at radius 3 is 2.64 bits per heavy atom. The molecule has 0 bridgehead atoms. The molecule has 8 nitrogen and oxygen atoms in total.